The largest absolute Gasteiger partial charge is 0.377 e. The van der Waals surface area contributed by atoms with Crippen LogP contribution < -0.4 is 10.6 Å². The molecule has 7 heteroatoms. The molecule has 0 saturated carbocycles. The minimum atomic E-state index is -0.319. The first kappa shape index (κ1) is 23.1. The maximum Gasteiger partial charge on any atom is 0.191 e. The SMILES string of the molecule is CCNC(=NCC(C)(C)OC)NCC(OC)c1ccc(F)cc1.I. The monoisotopic (exact) mass is 453 g/mol. The maximum absolute atomic E-state index is 13.0. The minimum absolute atomic E-state index is 0. The highest BCUT2D eigenvalue weighted by atomic mass is 127. The van der Waals surface area contributed by atoms with Crippen molar-refractivity contribution in [1.82, 2.24) is 10.6 Å². The second-order valence-electron chi connectivity index (χ2n) is 5.82. The molecule has 0 bridgehead atoms. The Morgan fingerprint density at radius 3 is 2.33 bits per heavy atom. The first-order valence-electron chi connectivity index (χ1n) is 7.77. The number of hydrogen-bond acceptors (Lipinski definition) is 3. The highest BCUT2D eigenvalue weighted by Gasteiger charge is 2.16. The molecule has 1 unspecified atom stereocenters. The summed E-state index contributed by atoms with van der Waals surface area (Å²) in [6, 6.07) is 6.32. The lowest BCUT2D eigenvalue weighted by atomic mass is 10.1. The number of aliphatic imine (C=N–C) groups is 1. The van der Waals surface area contributed by atoms with E-state index in [0.717, 1.165) is 12.1 Å². The van der Waals surface area contributed by atoms with Crippen LogP contribution in [0.3, 0.4) is 0 Å². The molecule has 0 saturated heterocycles. The molecule has 0 spiro atoms. The van der Waals surface area contributed by atoms with Crippen molar-refractivity contribution in [2.45, 2.75) is 32.5 Å². The molecule has 1 aromatic rings. The van der Waals surface area contributed by atoms with E-state index in [0.29, 0.717) is 19.0 Å². The van der Waals surface area contributed by atoms with Crippen molar-refractivity contribution in [2.24, 2.45) is 4.99 Å². The minimum Gasteiger partial charge on any atom is -0.377 e. The average molecular weight is 453 g/mol. The van der Waals surface area contributed by atoms with Gasteiger partial charge in [-0.1, -0.05) is 12.1 Å². The summed E-state index contributed by atoms with van der Waals surface area (Å²) in [6.07, 6.45) is -0.185. The van der Waals surface area contributed by atoms with Crippen molar-refractivity contribution in [3.8, 4) is 0 Å². The summed E-state index contributed by atoms with van der Waals surface area (Å²) >= 11 is 0. The van der Waals surface area contributed by atoms with E-state index in [-0.39, 0.29) is 41.5 Å². The van der Waals surface area contributed by atoms with Crippen LogP contribution in [-0.2, 0) is 9.47 Å². The van der Waals surface area contributed by atoms with Gasteiger partial charge in [0.25, 0.3) is 0 Å². The first-order valence-corrected chi connectivity index (χ1v) is 7.77. The van der Waals surface area contributed by atoms with Crippen LogP contribution in [0.4, 0.5) is 4.39 Å². The first-order chi connectivity index (χ1) is 10.9. The molecule has 138 valence electrons. The summed E-state index contributed by atoms with van der Waals surface area (Å²) in [4.78, 5) is 4.52. The summed E-state index contributed by atoms with van der Waals surface area (Å²) in [7, 11) is 3.30. The van der Waals surface area contributed by atoms with Gasteiger partial charge in [-0.25, -0.2) is 4.39 Å². The van der Waals surface area contributed by atoms with Gasteiger partial charge >= 0.3 is 0 Å². The number of nitrogens with zero attached hydrogens (tertiary/aromatic N) is 1. The molecule has 0 aromatic heterocycles. The summed E-state index contributed by atoms with van der Waals surface area (Å²) in [5.74, 6) is 0.440. The van der Waals surface area contributed by atoms with E-state index < -0.39 is 0 Å². The predicted molar refractivity (Wildman–Crippen MR) is 107 cm³/mol. The van der Waals surface area contributed by atoms with E-state index in [1.165, 1.54) is 12.1 Å². The Labute approximate surface area is 161 Å². The van der Waals surface area contributed by atoms with Crippen molar-refractivity contribution in [2.75, 3.05) is 33.9 Å². The van der Waals surface area contributed by atoms with Crippen molar-refractivity contribution in [1.29, 1.82) is 0 Å². The third-order valence-electron chi connectivity index (χ3n) is 3.50. The van der Waals surface area contributed by atoms with Crippen molar-refractivity contribution in [3.05, 3.63) is 35.6 Å². The Bertz CT molecular complexity index is 495. The van der Waals surface area contributed by atoms with Gasteiger partial charge in [-0.05, 0) is 38.5 Å². The zero-order chi connectivity index (χ0) is 17.3. The molecule has 0 radical (unpaired) electrons. The van der Waals surface area contributed by atoms with E-state index in [9.17, 15) is 4.39 Å². The van der Waals surface area contributed by atoms with Gasteiger partial charge in [-0.2, -0.15) is 0 Å². The maximum atomic E-state index is 13.0. The Kier molecular flexibility index (Phi) is 11.1. The fraction of sp³-hybridized carbons (Fsp3) is 0.588. The normalized spacial score (nSPS) is 13.2. The summed E-state index contributed by atoms with van der Waals surface area (Å²) in [6.45, 7) is 7.79. The molecule has 0 heterocycles. The number of benzene rings is 1. The Balaban J connectivity index is 0.00000529. The lowest BCUT2D eigenvalue weighted by Crippen LogP contribution is -2.41. The molecule has 0 aliphatic rings. The molecule has 2 N–H and O–H groups in total. The molecule has 1 rings (SSSR count). The molecule has 0 aliphatic heterocycles. The van der Waals surface area contributed by atoms with Crippen LogP contribution in [0.1, 0.15) is 32.4 Å². The number of halogens is 2. The van der Waals surface area contributed by atoms with Gasteiger partial charge in [0.15, 0.2) is 5.96 Å². The second-order valence-corrected chi connectivity index (χ2v) is 5.82. The van der Waals surface area contributed by atoms with E-state index in [1.54, 1.807) is 26.4 Å². The molecule has 1 aromatic carbocycles. The number of hydrogen-bond donors (Lipinski definition) is 2. The molecule has 0 fully saturated rings. The average Bonchev–Trinajstić information content (AvgIpc) is 2.54. The summed E-state index contributed by atoms with van der Waals surface area (Å²) in [5.41, 5.74) is 0.592. The number of nitrogens with one attached hydrogen (secondary N) is 2. The lowest BCUT2D eigenvalue weighted by Gasteiger charge is -2.22. The fourth-order valence-corrected chi connectivity index (χ4v) is 1.88. The Hall–Kier alpha value is -0.930. The molecular formula is C17H29FIN3O2. The lowest BCUT2D eigenvalue weighted by molar-refractivity contribution is 0.0310. The zero-order valence-corrected chi connectivity index (χ0v) is 17.4. The van der Waals surface area contributed by atoms with Crippen LogP contribution in [0.5, 0.6) is 0 Å². The number of rotatable bonds is 8. The smallest absolute Gasteiger partial charge is 0.191 e. The molecule has 24 heavy (non-hydrogen) atoms. The Morgan fingerprint density at radius 1 is 1.21 bits per heavy atom. The summed E-state index contributed by atoms with van der Waals surface area (Å²) < 4.78 is 23.9. The topological polar surface area (TPSA) is 54.9 Å². The van der Waals surface area contributed by atoms with Gasteiger partial charge < -0.3 is 20.1 Å². The quantitative estimate of drug-likeness (QED) is 0.361. The number of guanidine groups is 1. The fourth-order valence-electron chi connectivity index (χ4n) is 1.88. The third-order valence-corrected chi connectivity index (χ3v) is 3.50. The summed E-state index contributed by atoms with van der Waals surface area (Å²) in [5, 5.41) is 6.43. The van der Waals surface area contributed by atoms with E-state index in [4.69, 9.17) is 9.47 Å². The van der Waals surface area contributed by atoms with Crippen LogP contribution in [0.2, 0.25) is 0 Å². The highest BCUT2D eigenvalue weighted by Crippen LogP contribution is 2.16. The van der Waals surface area contributed by atoms with Crippen LogP contribution >= 0.6 is 24.0 Å². The van der Waals surface area contributed by atoms with E-state index >= 15 is 0 Å². The highest BCUT2D eigenvalue weighted by molar-refractivity contribution is 14.0. The Morgan fingerprint density at radius 2 is 1.83 bits per heavy atom. The van der Waals surface area contributed by atoms with Crippen LogP contribution in [0, 0.1) is 5.82 Å². The van der Waals surface area contributed by atoms with Gasteiger partial charge in [0.1, 0.15) is 5.82 Å². The standard InChI is InChI=1S/C17H28FN3O2.HI/c1-6-19-16(21-12-17(2,3)23-5)20-11-15(22-4)13-7-9-14(18)10-8-13;/h7-10,15H,6,11-12H2,1-5H3,(H2,19,20,21);1H. The molecule has 0 amide bonds. The van der Waals surface area contributed by atoms with Gasteiger partial charge in [0.2, 0.25) is 0 Å². The number of ether oxygens (including phenoxy) is 2. The van der Waals surface area contributed by atoms with Crippen LogP contribution in [0.25, 0.3) is 0 Å². The van der Waals surface area contributed by atoms with Crippen molar-refractivity contribution in [3.63, 3.8) is 0 Å². The van der Waals surface area contributed by atoms with Gasteiger partial charge in [0, 0.05) is 27.3 Å². The zero-order valence-electron chi connectivity index (χ0n) is 15.1. The number of methoxy groups -OCH3 is 2. The van der Waals surface area contributed by atoms with Crippen LogP contribution in [-0.4, -0.2) is 45.4 Å². The molecule has 0 aliphatic carbocycles. The van der Waals surface area contributed by atoms with Gasteiger partial charge in [-0.3, -0.25) is 4.99 Å². The predicted octanol–water partition coefficient (Wildman–Crippen LogP) is 3.11. The van der Waals surface area contributed by atoms with Gasteiger partial charge in [0.05, 0.1) is 18.2 Å². The van der Waals surface area contributed by atoms with Crippen LogP contribution in [0.15, 0.2) is 29.3 Å². The second kappa shape index (κ2) is 11.6. The molecule has 1 atom stereocenters. The van der Waals surface area contributed by atoms with Crippen molar-refractivity contribution < 1.29 is 13.9 Å². The molecular weight excluding hydrogens is 424 g/mol. The molecule has 5 nitrogen and oxygen atoms in total. The van der Waals surface area contributed by atoms with Crippen molar-refractivity contribution >= 4 is 29.9 Å². The van der Waals surface area contributed by atoms with Gasteiger partial charge in [-0.15, -0.1) is 24.0 Å². The van der Waals surface area contributed by atoms with E-state index in [1.807, 2.05) is 20.8 Å². The third kappa shape index (κ3) is 8.25. The van der Waals surface area contributed by atoms with E-state index in [2.05, 4.69) is 15.6 Å².